The summed E-state index contributed by atoms with van der Waals surface area (Å²) in [6.45, 7) is 0.773. The molecule has 0 spiro atoms. The second-order valence-corrected chi connectivity index (χ2v) is 4.53. The van der Waals surface area contributed by atoms with Gasteiger partial charge < -0.3 is 10.0 Å². The van der Waals surface area contributed by atoms with Gasteiger partial charge in [0.15, 0.2) is 0 Å². The maximum atomic E-state index is 11.9. The summed E-state index contributed by atoms with van der Waals surface area (Å²) in [5.41, 5.74) is 0. The lowest BCUT2D eigenvalue weighted by molar-refractivity contribution is -0.144. The highest BCUT2D eigenvalue weighted by molar-refractivity contribution is 5.81. The first-order chi connectivity index (χ1) is 8.65. The van der Waals surface area contributed by atoms with Crippen molar-refractivity contribution in [1.29, 1.82) is 0 Å². The fraction of sp³-hybridized carbons (Fsp3) is 0.636. The molecule has 1 aliphatic carbocycles. The minimum atomic E-state index is -0.968. The van der Waals surface area contributed by atoms with E-state index in [9.17, 15) is 9.59 Å². The number of aryl methyl sites for hydroxylation is 1. The predicted octanol–water partition coefficient (Wildman–Crippen LogP) is -0.00860. The highest BCUT2D eigenvalue weighted by Gasteiger charge is 2.27. The second-order valence-electron chi connectivity index (χ2n) is 4.53. The summed E-state index contributed by atoms with van der Waals surface area (Å²) in [6, 6.07) is 0. The molecule has 1 aliphatic rings. The van der Waals surface area contributed by atoms with Crippen LogP contribution in [0.3, 0.4) is 0 Å². The van der Waals surface area contributed by atoms with Crippen molar-refractivity contribution in [2.45, 2.75) is 25.8 Å². The molecule has 1 aromatic heterocycles. The molecule has 1 N–H and O–H groups in total. The van der Waals surface area contributed by atoms with Crippen LogP contribution in [0.1, 0.15) is 19.3 Å². The predicted molar refractivity (Wildman–Crippen MR) is 61.6 cm³/mol. The first kappa shape index (κ1) is 12.5. The Morgan fingerprint density at radius 2 is 2.22 bits per heavy atom. The van der Waals surface area contributed by atoms with Crippen LogP contribution < -0.4 is 0 Å². The number of amides is 1. The molecule has 18 heavy (non-hydrogen) atoms. The summed E-state index contributed by atoms with van der Waals surface area (Å²) >= 11 is 0. The van der Waals surface area contributed by atoms with Crippen LogP contribution in [0.15, 0.2) is 12.4 Å². The number of hydrogen-bond acceptors (Lipinski definition) is 4. The first-order valence-electron chi connectivity index (χ1n) is 5.99. The summed E-state index contributed by atoms with van der Waals surface area (Å²) in [7, 11) is 0. The Hall–Kier alpha value is -1.92. The summed E-state index contributed by atoms with van der Waals surface area (Å²) < 4.78 is 1.56. The van der Waals surface area contributed by atoms with Crippen molar-refractivity contribution in [2.24, 2.45) is 5.92 Å². The Morgan fingerprint density at radius 3 is 2.78 bits per heavy atom. The van der Waals surface area contributed by atoms with Crippen LogP contribution in [0.4, 0.5) is 0 Å². The van der Waals surface area contributed by atoms with Crippen molar-refractivity contribution in [2.75, 3.05) is 13.1 Å². The molecule has 0 unspecified atom stereocenters. The fourth-order valence-corrected chi connectivity index (χ4v) is 1.75. The van der Waals surface area contributed by atoms with Crippen molar-refractivity contribution in [3.8, 4) is 0 Å². The lowest BCUT2D eigenvalue weighted by Gasteiger charge is -2.20. The standard InChI is InChI=1S/C11H16N4O3/c16-10(3-5-15-6-4-12-13-15)14(8-11(17)18)7-9-1-2-9/h4,6,9H,1-3,5,7-8H2,(H,17,18). The average Bonchev–Trinajstić information content (AvgIpc) is 2.98. The normalized spacial score (nSPS) is 14.4. The van der Waals surface area contributed by atoms with Gasteiger partial charge >= 0.3 is 5.97 Å². The van der Waals surface area contributed by atoms with Crippen LogP contribution in [-0.4, -0.2) is 50.0 Å². The molecule has 1 amide bonds. The van der Waals surface area contributed by atoms with E-state index in [1.165, 1.54) is 4.90 Å². The monoisotopic (exact) mass is 252 g/mol. The smallest absolute Gasteiger partial charge is 0.323 e. The van der Waals surface area contributed by atoms with Gasteiger partial charge in [-0.25, -0.2) is 0 Å². The number of carboxylic acids is 1. The topological polar surface area (TPSA) is 88.3 Å². The van der Waals surface area contributed by atoms with Crippen LogP contribution >= 0.6 is 0 Å². The third kappa shape index (κ3) is 3.83. The molecule has 1 fully saturated rings. The van der Waals surface area contributed by atoms with Gasteiger partial charge in [0.25, 0.3) is 0 Å². The quantitative estimate of drug-likeness (QED) is 0.737. The SMILES string of the molecule is O=C(O)CN(CC1CC1)C(=O)CCn1ccnn1. The van der Waals surface area contributed by atoms with E-state index < -0.39 is 5.97 Å². The molecule has 0 aliphatic heterocycles. The number of aliphatic carboxylic acids is 1. The van der Waals surface area contributed by atoms with Crippen molar-refractivity contribution < 1.29 is 14.7 Å². The van der Waals surface area contributed by atoms with Crippen molar-refractivity contribution in [3.05, 3.63) is 12.4 Å². The molecule has 0 radical (unpaired) electrons. The van der Waals surface area contributed by atoms with Crippen LogP contribution in [0.2, 0.25) is 0 Å². The number of rotatable bonds is 7. The van der Waals surface area contributed by atoms with Crippen LogP contribution in [-0.2, 0) is 16.1 Å². The third-order valence-corrected chi connectivity index (χ3v) is 2.88. The van der Waals surface area contributed by atoms with E-state index in [-0.39, 0.29) is 18.9 Å². The Bertz CT molecular complexity index is 414. The zero-order valence-corrected chi connectivity index (χ0v) is 10.0. The number of hydrogen-bond donors (Lipinski definition) is 1. The van der Waals surface area contributed by atoms with E-state index in [1.54, 1.807) is 17.1 Å². The summed E-state index contributed by atoms with van der Waals surface area (Å²) in [4.78, 5) is 24.1. The van der Waals surface area contributed by atoms with Crippen molar-refractivity contribution in [3.63, 3.8) is 0 Å². The van der Waals surface area contributed by atoms with Gasteiger partial charge in [0, 0.05) is 19.2 Å². The van der Waals surface area contributed by atoms with Crippen molar-refractivity contribution in [1.82, 2.24) is 19.9 Å². The average molecular weight is 252 g/mol. The number of carbonyl (C=O) groups excluding carboxylic acids is 1. The Balaban J connectivity index is 1.83. The van der Waals surface area contributed by atoms with Crippen LogP contribution in [0.5, 0.6) is 0 Å². The number of carboxylic acid groups (broad SMARTS) is 1. The minimum Gasteiger partial charge on any atom is -0.480 e. The second kappa shape index (κ2) is 5.61. The zero-order chi connectivity index (χ0) is 13.0. The molecule has 1 aromatic rings. The van der Waals surface area contributed by atoms with Gasteiger partial charge in [-0.3, -0.25) is 14.3 Å². The lowest BCUT2D eigenvalue weighted by atomic mass is 10.3. The van der Waals surface area contributed by atoms with E-state index in [2.05, 4.69) is 10.3 Å². The fourth-order valence-electron chi connectivity index (χ4n) is 1.75. The van der Waals surface area contributed by atoms with Gasteiger partial charge in [-0.1, -0.05) is 5.21 Å². The minimum absolute atomic E-state index is 0.139. The molecule has 7 nitrogen and oxygen atoms in total. The molecule has 0 aromatic carbocycles. The molecule has 98 valence electrons. The maximum absolute atomic E-state index is 11.9. The Morgan fingerprint density at radius 1 is 1.44 bits per heavy atom. The van der Waals surface area contributed by atoms with Crippen LogP contribution in [0.25, 0.3) is 0 Å². The van der Waals surface area contributed by atoms with Gasteiger partial charge in [-0.15, -0.1) is 5.10 Å². The maximum Gasteiger partial charge on any atom is 0.323 e. The van der Waals surface area contributed by atoms with E-state index in [0.29, 0.717) is 19.0 Å². The molecule has 1 saturated carbocycles. The molecule has 0 bridgehead atoms. The molecule has 2 rings (SSSR count). The van der Waals surface area contributed by atoms with Gasteiger partial charge in [0.05, 0.1) is 12.7 Å². The van der Waals surface area contributed by atoms with E-state index >= 15 is 0 Å². The molecule has 0 atom stereocenters. The highest BCUT2D eigenvalue weighted by atomic mass is 16.4. The van der Waals surface area contributed by atoms with Gasteiger partial charge in [0.1, 0.15) is 6.54 Å². The summed E-state index contributed by atoms with van der Waals surface area (Å²) in [5, 5.41) is 16.2. The van der Waals surface area contributed by atoms with Crippen LogP contribution in [0, 0.1) is 5.92 Å². The van der Waals surface area contributed by atoms with Gasteiger partial charge in [-0.05, 0) is 18.8 Å². The molecule has 1 heterocycles. The zero-order valence-electron chi connectivity index (χ0n) is 10.0. The number of aromatic nitrogens is 3. The molecular formula is C11H16N4O3. The molecule has 7 heteroatoms. The van der Waals surface area contributed by atoms with Crippen molar-refractivity contribution >= 4 is 11.9 Å². The van der Waals surface area contributed by atoms with E-state index in [4.69, 9.17) is 5.11 Å². The molecular weight excluding hydrogens is 236 g/mol. The third-order valence-electron chi connectivity index (χ3n) is 2.88. The van der Waals surface area contributed by atoms with E-state index in [1.807, 2.05) is 0 Å². The number of nitrogens with zero attached hydrogens (tertiary/aromatic N) is 4. The van der Waals surface area contributed by atoms with Gasteiger partial charge in [-0.2, -0.15) is 0 Å². The highest BCUT2D eigenvalue weighted by Crippen LogP contribution is 2.29. The summed E-state index contributed by atoms with van der Waals surface area (Å²) in [5.74, 6) is -0.621. The number of carbonyl (C=O) groups is 2. The Kier molecular flexibility index (Phi) is 3.91. The van der Waals surface area contributed by atoms with E-state index in [0.717, 1.165) is 12.8 Å². The molecule has 0 saturated heterocycles. The Labute approximate surface area is 104 Å². The lowest BCUT2D eigenvalue weighted by Crippen LogP contribution is -2.37. The van der Waals surface area contributed by atoms with Gasteiger partial charge in [0.2, 0.25) is 5.91 Å². The summed E-state index contributed by atoms with van der Waals surface area (Å²) in [6.07, 6.45) is 5.65. The first-order valence-corrected chi connectivity index (χ1v) is 5.99. The largest absolute Gasteiger partial charge is 0.480 e.